The lowest BCUT2D eigenvalue weighted by Crippen LogP contribution is -2.33. The second kappa shape index (κ2) is 5.59. The first-order chi connectivity index (χ1) is 8.20. The third kappa shape index (κ3) is 4.21. The van der Waals surface area contributed by atoms with E-state index in [9.17, 15) is 14.5 Å². The molecule has 102 valence electrons. The number of hydrogen-bond donors (Lipinski definition) is 4. The molecule has 0 aliphatic carbocycles. The fourth-order valence-corrected chi connectivity index (χ4v) is 1.58. The van der Waals surface area contributed by atoms with Crippen molar-refractivity contribution in [1.82, 2.24) is 9.55 Å². The minimum Gasteiger partial charge on any atom is -0.383 e. The molecule has 0 bridgehead atoms. The van der Waals surface area contributed by atoms with Gasteiger partial charge in [-0.25, -0.2) is 4.79 Å². The standard InChI is InChI=1S/C8H14N3O6P/c1-5(17-4-18(14,15)16)7(12)11-3-2-6(9)10-8(11)13/h2-3,5,7,12H,4H2,1H3,(H2,9,10,13)(H2,14,15,16). The van der Waals surface area contributed by atoms with Gasteiger partial charge in [0.2, 0.25) is 0 Å². The summed E-state index contributed by atoms with van der Waals surface area (Å²) in [6.45, 7) is 1.36. The second-order valence-corrected chi connectivity index (χ2v) is 5.21. The summed E-state index contributed by atoms with van der Waals surface area (Å²) in [5, 5.41) is 9.76. The number of nitrogens with two attached hydrogens (primary N) is 1. The Bertz CT molecular complexity index is 512. The summed E-state index contributed by atoms with van der Waals surface area (Å²) in [5.74, 6) is 0.00670. The molecule has 1 rings (SSSR count). The second-order valence-electron chi connectivity index (χ2n) is 3.62. The SMILES string of the molecule is CC(OCP(=O)(O)O)C(O)n1ccc(N)nc1=O. The first-order valence-corrected chi connectivity index (χ1v) is 6.69. The number of rotatable bonds is 5. The highest BCUT2D eigenvalue weighted by atomic mass is 31.2. The maximum Gasteiger partial charge on any atom is 0.351 e. The lowest BCUT2D eigenvalue weighted by Gasteiger charge is -2.21. The molecule has 0 aromatic carbocycles. The molecule has 0 saturated heterocycles. The number of nitrogens with zero attached hydrogens (tertiary/aromatic N) is 2. The Morgan fingerprint density at radius 1 is 1.61 bits per heavy atom. The van der Waals surface area contributed by atoms with Crippen LogP contribution in [-0.4, -0.2) is 36.9 Å². The molecule has 1 aromatic heterocycles. The largest absolute Gasteiger partial charge is 0.383 e. The van der Waals surface area contributed by atoms with Crippen molar-refractivity contribution in [2.45, 2.75) is 19.3 Å². The van der Waals surface area contributed by atoms with Gasteiger partial charge in [-0.1, -0.05) is 0 Å². The number of anilines is 1. The van der Waals surface area contributed by atoms with Gasteiger partial charge in [-0.15, -0.1) is 0 Å². The molecule has 1 heterocycles. The van der Waals surface area contributed by atoms with Crippen molar-refractivity contribution in [2.24, 2.45) is 0 Å². The van der Waals surface area contributed by atoms with Crippen LogP contribution in [0.2, 0.25) is 0 Å². The first-order valence-electron chi connectivity index (χ1n) is 4.89. The van der Waals surface area contributed by atoms with Crippen LogP contribution >= 0.6 is 7.60 Å². The number of nitrogen functional groups attached to an aromatic ring is 1. The van der Waals surface area contributed by atoms with Crippen LogP contribution in [-0.2, 0) is 9.30 Å². The first kappa shape index (κ1) is 14.8. The summed E-state index contributed by atoms with van der Waals surface area (Å²) in [5.41, 5.74) is 4.50. The summed E-state index contributed by atoms with van der Waals surface area (Å²) >= 11 is 0. The van der Waals surface area contributed by atoms with Crippen molar-refractivity contribution < 1.29 is 24.2 Å². The monoisotopic (exact) mass is 279 g/mol. The Morgan fingerprint density at radius 2 is 2.22 bits per heavy atom. The van der Waals surface area contributed by atoms with Gasteiger partial charge < -0.3 is 25.4 Å². The molecule has 2 atom stereocenters. The van der Waals surface area contributed by atoms with Gasteiger partial charge in [0, 0.05) is 6.20 Å². The van der Waals surface area contributed by atoms with Gasteiger partial charge in [0.05, 0.1) is 0 Å². The van der Waals surface area contributed by atoms with E-state index < -0.39 is 32.0 Å². The van der Waals surface area contributed by atoms with Crippen LogP contribution in [0.3, 0.4) is 0 Å². The Balaban J connectivity index is 2.77. The smallest absolute Gasteiger partial charge is 0.351 e. The molecule has 0 saturated carbocycles. The molecule has 0 amide bonds. The molecule has 0 fully saturated rings. The predicted octanol–water partition coefficient (Wildman–Crippen LogP) is -1.14. The van der Waals surface area contributed by atoms with Crippen molar-refractivity contribution in [3.8, 4) is 0 Å². The molecular weight excluding hydrogens is 265 g/mol. The highest BCUT2D eigenvalue weighted by Gasteiger charge is 2.22. The average molecular weight is 279 g/mol. The molecule has 0 aliphatic heterocycles. The van der Waals surface area contributed by atoms with Crippen molar-refractivity contribution in [2.75, 3.05) is 12.1 Å². The summed E-state index contributed by atoms with van der Waals surface area (Å²) < 4.78 is 16.2. The van der Waals surface area contributed by atoms with E-state index in [4.69, 9.17) is 20.3 Å². The highest BCUT2D eigenvalue weighted by molar-refractivity contribution is 7.51. The van der Waals surface area contributed by atoms with Crippen LogP contribution in [0.4, 0.5) is 5.82 Å². The number of hydrogen-bond acceptors (Lipinski definition) is 6. The minimum atomic E-state index is -4.33. The topological polar surface area (TPSA) is 148 Å². The van der Waals surface area contributed by atoms with Gasteiger partial charge in [0.15, 0.2) is 6.23 Å². The molecule has 2 unspecified atom stereocenters. The van der Waals surface area contributed by atoms with Crippen molar-refractivity contribution >= 4 is 13.4 Å². The maximum atomic E-state index is 11.4. The lowest BCUT2D eigenvalue weighted by atomic mass is 10.3. The summed E-state index contributed by atoms with van der Waals surface area (Å²) in [6.07, 6.45) is -2.05. The Kier molecular flexibility index (Phi) is 4.60. The van der Waals surface area contributed by atoms with E-state index in [-0.39, 0.29) is 5.82 Å². The van der Waals surface area contributed by atoms with Crippen LogP contribution in [0.5, 0.6) is 0 Å². The van der Waals surface area contributed by atoms with E-state index >= 15 is 0 Å². The van der Waals surface area contributed by atoms with E-state index in [2.05, 4.69) is 4.98 Å². The normalized spacial score (nSPS) is 15.3. The third-order valence-electron chi connectivity index (χ3n) is 2.06. The Hall–Kier alpha value is -1.25. The zero-order valence-electron chi connectivity index (χ0n) is 9.50. The summed E-state index contributed by atoms with van der Waals surface area (Å²) in [7, 11) is -4.33. The summed E-state index contributed by atoms with van der Waals surface area (Å²) in [6, 6.07) is 1.31. The molecule has 0 radical (unpaired) electrons. The molecule has 0 spiro atoms. The van der Waals surface area contributed by atoms with E-state index in [0.717, 1.165) is 4.57 Å². The van der Waals surface area contributed by atoms with Gasteiger partial charge in [0.1, 0.15) is 18.3 Å². The van der Waals surface area contributed by atoms with E-state index in [1.807, 2.05) is 0 Å². The van der Waals surface area contributed by atoms with E-state index in [0.29, 0.717) is 0 Å². The number of aliphatic hydroxyl groups excluding tert-OH is 1. The van der Waals surface area contributed by atoms with Crippen molar-refractivity contribution in [1.29, 1.82) is 0 Å². The molecule has 9 nitrogen and oxygen atoms in total. The van der Waals surface area contributed by atoms with Gasteiger partial charge >= 0.3 is 13.3 Å². The molecule has 10 heteroatoms. The zero-order chi connectivity index (χ0) is 13.9. The molecule has 5 N–H and O–H groups in total. The fourth-order valence-electron chi connectivity index (χ4n) is 1.15. The molecule has 18 heavy (non-hydrogen) atoms. The van der Waals surface area contributed by atoms with Gasteiger partial charge in [0.25, 0.3) is 0 Å². The molecular formula is C8H14N3O6P. The van der Waals surface area contributed by atoms with Crippen LogP contribution in [0.15, 0.2) is 17.1 Å². The zero-order valence-corrected chi connectivity index (χ0v) is 10.4. The molecule has 0 aliphatic rings. The van der Waals surface area contributed by atoms with Crippen molar-refractivity contribution in [3.63, 3.8) is 0 Å². The molecule has 1 aromatic rings. The van der Waals surface area contributed by atoms with Gasteiger partial charge in [-0.05, 0) is 13.0 Å². The van der Waals surface area contributed by atoms with Crippen LogP contribution < -0.4 is 11.4 Å². The van der Waals surface area contributed by atoms with E-state index in [1.54, 1.807) is 0 Å². The fraction of sp³-hybridized carbons (Fsp3) is 0.500. The Morgan fingerprint density at radius 3 is 2.72 bits per heavy atom. The summed E-state index contributed by atoms with van der Waals surface area (Å²) in [4.78, 5) is 32.0. The maximum absolute atomic E-state index is 11.4. The number of aliphatic hydroxyl groups is 1. The van der Waals surface area contributed by atoms with Crippen molar-refractivity contribution in [3.05, 3.63) is 22.7 Å². The van der Waals surface area contributed by atoms with E-state index in [1.165, 1.54) is 19.2 Å². The predicted molar refractivity (Wildman–Crippen MR) is 61.6 cm³/mol. The Labute approximate surface area is 102 Å². The van der Waals surface area contributed by atoms with Gasteiger partial charge in [-0.3, -0.25) is 9.13 Å². The number of aromatic nitrogens is 2. The van der Waals surface area contributed by atoms with Crippen LogP contribution in [0.1, 0.15) is 13.2 Å². The lowest BCUT2D eigenvalue weighted by molar-refractivity contribution is -0.0540. The quantitative estimate of drug-likeness (QED) is 0.494. The minimum absolute atomic E-state index is 0.00670. The van der Waals surface area contributed by atoms with Gasteiger partial charge in [-0.2, -0.15) is 4.98 Å². The average Bonchev–Trinajstić information content (AvgIpc) is 2.24. The number of ether oxygens (including phenoxy) is 1. The van der Waals surface area contributed by atoms with Crippen LogP contribution in [0.25, 0.3) is 0 Å². The highest BCUT2D eigenvalue weighted by Crippen LogP contribution is 2.34. The third-order valence-corrected chi connectivity index (χ3v) is 2.55. The van der Waals surface area contributed by atoms with Crippen LogP contribution in [0, 0.1) is 0 Å².